The quantitative estimate of drug-likeness (QED) is 0.614. The maximum atomic E-state index is 15.4. The Hall–Kier alpha value is -2.70. The molecular weight excluding hydrogens is 359 g/mol. The SMILES string of the molecule is COc1ccc(C(=O)c2c(F)n(CCN3CCOCC3)c3ccccc23)cc1. The topological polar surface area (TPSA) is 43.7 Å². The van der Waals surface area contributed by atoms with E-state index in [9.17, 15) is 4.79 Å². The number of carbonyl (C=O) groups is 1. The van der Waals surface area contributed by atoms with Crippen molar-refractivity contribution >= 4 is 16.7 Å². The second-order valence-electron chi connectivity index (χ2n) is 6.85. The summed E-state index contributed by atoms with van der Waals surface area (Å²) in [6, 6.07) is 14.1. The fourth-order valence-electron chi connectivity index (χ4n) is 3.66. The van der Waals surface area contributed by atoms with E-state index in [1.54, 1.807) is 42.0 Å². The summed E-state index contributed by atoms with van der Waals surface area (Å²) in [6.07, 6.45) is 0. The van der Waals surface area contributed by atoms with E-state index in [1.807, 2.05) is 18.2 Å². The third-order valence-corrected chi connectivity index (χ3v) is 5.23. The van der Waals surface area contributed by atoms with E-state index < -0.39 is 5.95 Å². The van der Waals surface area contributed by atoms with Crippen LogP contribution >= 0.6 is 0 Å². The van der Waals surface area contributed by atoms with Crippen molar-refractivity contribution in [2.24, 2.45) is 0 Å². The zero-order chi connectivity index (χ0) is 19.5. The van der Waals surface area contributed by atoms with Crippen LogP contribution in [0.2, 0.25) is 0 Å². The van der Waals surface area contributed by atoms with Crippen molar-refractivity contribution in [1.82, 2.24) is 9.47 Å². The number of hydrogen-bond acceptors (Lipinski definition) is 4. The van der Waals surface area contributed by atoms with Gasteiger partial charge >= 0.3 is 0 Å². The first-order chi connectivity index (χ1) is 13.7. The summed E-state index contributed by atoms with van der Waals surface area (Å²) >= 11 is 0. The lowest BCUT2D eigenvalue weighted by atomic mass is 10.0. The van der Waals surface area contributed by atoms with Crippen molar-refractivity contribution in [1.29, 1.82) is 0 Å². The molecule has 0 atom stereocenters. The summed E-state index contributed by atoms with van der Waals surface area (Å²) < 4.78 is 27.5. The van der Waals surface area contributed by atoms with Crippen LogP contribution in [-0.4, -0.2) is 55.2 Å². The highest BCUT2D eigenvalue weighted by Crippen LogP contribution is 2.28. The van der Waals surface area contributed by atoms with E-state index in [0.29, 0.717) is 36.5 Å². The van der Waals surface area contributed by atoms with E-state index >= 15 is 4.39 Å². The Morgan fingerprint density at radius 2 is 1.79 bits per heavy atom. The molecule has 6 heteroatoms. The maximum Gasteiger partial charge on any atom is 0.206 e. The highest BCUT2D eigenvalue weighted by molar-refractivity contribution is 6.16. The summed E-state index contributed by atoms with van der Waals surface area (Å²) in [5, 5.41) is 0.641. The van der Waals surface area contributed by atoms with E-state index in [4.69, 9.17) is 9.47 Å². The third-order valence-electron chi connectivity index (χ3n) is 5.23. The van der Waals surface area contributed by atoms with Gasteiger partial charge in [-0.05, 0) is 30.3 Å². The highest BCUT2D eigenvalue weighted by atomic mass is 19.1. The number of methoxy groups -OCH3 is 1. The van der Waals surface area contributed by atoms with Gasteiger partial charge in [0.05, 0.1) is 31.4 Å². The predicted octanol–water partition coefficient (Wildman–Crippen LogP) is 3.35. The average Bonchev–Trinajstić information content (AvgIpc) is 3.03. The summed E-state index contributed by atoms with van der Waals surface area (Å²) in [6.45, 7) is 4.31. The Morgan fingerprint density at radius 3 is 2.50 bits per heavy atom. The zero-order valence-corrected chi connectivity index (χ0v) is 15.9. The molecule has 0 amide bonds. The lowest BCUT2D eigenvalue weighted by molar-refractivity contribution is 0.0362. The molecule has 0 radical (unpaired) electrons. The number of fused-ring (bicyclic) bond motifs is 1. The third kappa shape index (κ3) is 3.53. The van der Waals surface area contributed by atoms with Gasteiger partial charge in [0.2, 0.25) is 5.95 Å². The molecule has 2 heterocycles. The van der Waals surface area contributed by atoms with E-state index in [1.165, 1.54) is 0 Å². The minimum atomic E-state index is -0.477. The first-order valence-electron chi connectivity index (χ1n) is 9.44. The molecule has 2 aromatic carbocycles. The number of aromatic nitrogens is 1. The van der Waals surface area contributed by atoms with Crippen LogP contribution in [-0.2, 0) is 11.3 Å². The second kappa shape index (κ2) is 8.12. The number of nitrogens with zero attached hydrogens (tertiary/aromatic N) is 2. The molecule has 28 heavy (non-hydrogen) atoms. The second-order valence-corrected chi connectivity index (χ2v) is 6.85. The Balaban J connectivity index is 1.67. The van der Waals surface area contributed by atoms with Gasteiger partial charge in [-0.25, -0.2) is 0 Å². The molecule has 0 N–H and O–H groups in total. The number of halogens is 1. The largest absolute Gasteiger partial charge is 0.497 e. The molecule has 1 aliphatic heterocycles. The Morgan fingerprint density at radius 1 is 1.07 bits per heavy atom. The molecular formula is C22H23FN2O3. The van der Waals surface area contributed by atoms with Gasteiger partial charge in [-0.15, -0.1) is 0 Å². The van der Waals surface area contributed by atoms with Crippen LogP contribution in [0.25, 0.3) is 10.9 Å². The minimum Gasteiger partial charge on any atom is -0.497 e. The van der Waals surface area contributed by atoms with Crippen LogP contribution in [0.3, 0.4) is 0 Å². The lowest BCUT2D eigenvalue weighted by Gasteiger charge is -2.26. The number of morpholine rings is 1. The Bertz CT molecular complexity index is 975. The molecule has 0 unspecified atom stereocenters. The molecule has 0 aliphatic carbocycles. The highest BCUT2D eigenvalue weighted by Gasteiger charge is 2.24. The van der Waals surface area contributed by atoms with Gasteiger partial charge in [0.15, 0.2) is 5.78 Å². The first-order valence-corrected chi connectivity index (χ1v) is 9.44. The minimum absolute atomic E-state index is 0.128. The molecule has 5 nitrogen and oxygen atoms in total. The van der Waals surface area contributed by atoms with Gasteiger partial charge in [-0.2, -0.15) is 4.39 Å². The van der Waals surface area contributed by atoms with Crippen molar-refractivity contribution in [3.8, 4) is 5.75 Å². The van der Waals surface area contributed by atoms with Gasteiger partial charge in [0.1, 0.15) is 5.75 Å². The van der Waals surface area contributed by atoms with Gasteiger partial charge < -0.3 is 14.0 Å². The molecule has 4 rings (SSSR count). The molecule has 0 spiro atoms. The zero-order valence-electron chi connectivity index (χ0n) is 15.9. The van der Waals surface area contributed by atoms with Crippen molar-refractivity contribution < 1.29 is 18.7 Å². The van der Waals surface area contributed by atoms with Crippen LogP contribution < -0.4 is 4.74 Å². The van der Waals surface area contributed by atoms with Crippen LogP contribution in [0.15, 0.2) is 48.5 Å². The summed E-state index contributed by atoms with van der Waals surface area (Å²) in [4.78, 5) is 15.3. The molecule has 0 bridgehead atoms. The van der Waals surface area contributed by atoms with Crippen molar-refractivity contribution in [2.75, 3.05) is 40.0 Å². The molecule has 0 saturated carbocycles. The van der Waals surface area contributed by atoms with Gasteiger partial charge in [0.25, 0.3) is 0 Å². The summed E-state index contributed by atoms with van der Waals surface area (Å²) in [5.74, 6) is -0.137. The van der Waals surface area contributed by atoms with Crippen LogP contribution in [0.4, 0.5) is 4.39 Å². The number of ketones is 1. The smallest absolute Gasteiger partial charge is 0.206 e. The first kappa shape index (κ1) is 18.7. The van der Waals surface area contributed by atoms with Gasteiger partial charge in [0, 0.05) is 37.1 Å². The van der Waals surface area contributed by atoms with E-state index in [0.717, 1.165) is 25.2 Å². The molecule has 1 fully saturated rings. The predicted molar refractivity (Wildman–Crippen MR) is 106 cm³/mol. The molecule has 1 aromatic heterocycles. The monoisotopic (exact) mass is 382 g/mol. The summed E-state index contributed by atoms with van der Waals surface area (Å²) in [7, 11) is 1.57. The number of hydrogen-bond donors (Lipinski definition) is 0. The summed E-state index contributed by atoms with van der Waals surface area (Å²) in [5.41, 5.74) is 1.31. The lowest BCUT2D eigenvalue weighted by Crippen LogP contribution is -2.38. The Kier molecular flexibility index (Phi) is 5.41. The fourth-order valence-corrected chi connectivity index (χ4v) is 3.66. The van der Waals surface area contributed by atoms with Crippen molar-refractivity contribution in [2.45, 2.75) is 6.54 Å². The van der Waals surface area contributed by atoms with Crippen molar-refractivity contribution in [3.63, 3.8) is 0 Å². The number of carbonyl (C=O) groups excluding carboxylic acids is 1. The fraction of sp³-hybridized carbons (Fsp3) is 0.318. The molecule has 1 saturated heterocycles. The molecule has 1 aliphatic rings. The van der Waals surface area contributed by atoms with Crippen LogP contribution in [0, 0.1) is 5.95 Å². The maximum absolute atomic E-state index is 15.4. The molecule has 146 valence electrons. The van der Waals surface area contributed by atoms with Crippen LogP contribution in [0.1, 0.15) is 15.9 Å². The number of rotatable bonds is 6. The van der Waals surface area contributed by atoms with Crippen LogP contribution in [0.5, 0.6) is 5.75 Å². The Labute approximate surface area is 163 Å². The molecule has 3 aromatic rings. The van der Waals surface area contributed by atoms with Gasteiger partial charge in [-0.3, -0.25) is 9.69 Å². The van der Waals surface area contributed by atoms with E-state index in [2.05, 4.69) is 4.90 Å². The van der Waals surface area contributed by atoms with Gasteiger partial charge in [-0.1, -0.05) is 18.2 Å². The average molecular weight is 382 g/mol. The van der Waals surface area contributed by atoms with E-state index in [-0.39, 0.29) is 11.3 Å². The normalized spacial score (nSPS) is 15.1. The standard InChI is InChI=1S/C22H23FN2O3/c1-27-17-8-6-16(7-9-17)21(26)20-18-4-2-3-5-19(18)25(22(20)23)11-10-24-12-14-28-15-13-24/h2-9H,10-15H2,1H3. The number of benzene rings is 2. The van der Waals surface area contributed by atoms with Crippen molar-refractivity contribution in [3.05, 3.63) is 65.6 Å². The number of para-hydroxylation sites is 1. The number of ether oxygens (including phenoxy) is 2.